The van der Waals surface area contributed by atoms with Crippen LogP contribution in [0.3, 0.4) is 0 Å². The lowest BCUT2D eigenvalue weighted by molar-refractivity contribution is 0.310. The Morgan fingerprint density at radius 3 is 2.23 bits per heavy atom. The van der Waals surface area contributed by atoms with Crippen molar-refractivity contribution < 1.29 is 17.9 Å². The smallest absolute Gasteiger partial charge is 0.161 e. The van der Waals surface area contributed by atoms with E-state index in [2.05, 4.69) is 0 Å². The van der Waals surface area contributed by atoms with Crippen LogP contribution in [0, 0.1) is 0 Å². The summed E-state index contributed by atoms with van der Waals surface area (Å²) in [6, 6.07) is 4.78. The fourth-order valence-corrected chi connectivity index (χ4v) is 9.89. The highest BCUT2D eigenvalue weighted by Gasteiger charge is 2.40. The molecule has 0 saturated carbocycles. The van der Waals surface area contributed by atoms with Gasteiger partial charge in [-0.2, -0.15) is 0 Å². The van der Waals surface area contributed by atoms with E-state index in [0.717, 1.165) is 5.56 Å². The summed E-state index contributed by atoms with van der Waals surface area (Å²) in [5.41, 5.74) is 7.08. The average molecular weight is 346 g/mol. The van der Waals surface area contributed by atoms with Crippen LogP contribution in [0.25, 0.3) is 0 Å². The van der Waals surface area contributed by atoms with Crippen LogP contribution in [-0.2, 0) is 9.84 Å². The molecule has 0 radical (unpaired) electrons. The number of sulfone groups is 1. The van der Waals surface area contributed by atoms with Gasteiger partial charge in [0, 0.05) is 12.3 Å². The van der Waals surface area contributed by atoms with E-state index >= 15 is 0 Å². The summed E-state index contributed by atoms with van der Waals surface area (Å²) < 4.78 is 35.3. The van der Waals surface area contributed by atoms with Gasteiger partial charge < -0.3 is 15.2 Å². The van der Waals surface area contributed by atoms with Gasteiger partial charge in [0.1, 0.15) is 9.84 Å². The van der Waals surface area contributed by atoms with Gasteiger partial charge in [-0.15, -0.1) is 0 Å². The zero-order chi connectivity index (χ0) is 17.1. The number of benzene rings is 1. The Balaban J connectivity index is 3.31. The molecule has 2 unspecified atom stereocenters. The molecule has 1 aromatic carbocycles. The van der Waals surface area contributed by atoms with Gasteiger partial charge >= 0.3 is 0 Å². The second-order valence-corrected chi connectivity index (χ2v) is 14.4. The zero-order valence-electron chi connectivity index (χ0n) is 14.2. The van der Waals surface area contributed by atoms with Crippen LogP contribution in [0.5, 0.6) is 11.5 Å². The Hall–Kier alpha value is -1.05. The van der Waals surface area contributed by atoms with Crippen molar-refractivity contribution in [2.45, 2.75) is 37.5 Å². The molecule has 0 aliphatic carbocycles. The molecule has 1 aromatic rings. The summed E-state index contributed by atoms with van der Waals surface area (Å²) in [7, 11) is -3.69. The first-order valence-corrected chi connectivity index (χ1v) is 12.8. The molecule has 0 bridgehead atoms. The summed E-state index contributed by atoms with van der Waals surface area (Å²) in [4.78, 5) is -0.553. The minimum Gasteiger partial charge on any atom is -0.493 e. The van der Waals surface area contributed by atoms with E-state index in [1.54, 1.807) is 19.2 Å². The molecule has 0 fully saturated rings. The van der Waals surface area contributed by atoms with Gasteiger partial charge in [0.2, 0.25) is 0 Å². The first kappa shape index (κ1) is 19.0. The van der Waals surface area contributed by atoms with E-state index in [1.165, 1.54) is 6.26 Å². The van der Waals surface area contributed by atoms with Gasteiger partial charge in [0.05, 0.1) is 26.7 Å². The maximum absolute atomic E-state index is 12.2. The number of nitrogens with two attached hydrogens (primary N) is 1. The topological polar surface area (TPSA) is 78.6 Å². The highest BCUT2D eigenvalue weighted by Crippen LogP contribution is 2.33. The van der Waals surface area contributed by atoms with Gasteiger partial charge in [-0.25, -0.2) is 8.42 Å². The van der Waals surface area contributed by atoms with Crippen molar-refractivity contribution >= 4 is 17.9 Å². The van der Waals surface area contributed by atoms with Gasteiger partial charge in [-0.05, 0) is 24.6 Å². The summed E-state index contributed by atoms with van der Waals surface area (Å²) in [6.07, 6.45) is 1.27. The SMILES string of the molecule is CCOc1cc(C(N)C([Si](C)(C)C)S(C)(=O)=O)ccc1OC. The third-order valence-corrected chi connectivity index (χ3v) is 10.2. The molecule has 2 N–H and O–H groups in total. The number of ether oxygens (including phenoxy) is 2. The lowest BCUT2D eigenvalue weighted by atomic mass is 10.1. The van der Waals surface area contributed by atoms with Crippen LogP contribution in [0.2, 0.25) is 19.6 Å². The molecule has 0 saturated heterocycles. The summed E-state index contributed by atoms with van der Waals surface area (Å²) in [6.45, 7) is 8.44. The Labute approximate surface area is 134 Å². The van der Waals surface area contributed by atoms with E-state index in [9.17, 15) is 8.42 Å². The third-order valence-electron chi connectivity index (χ3n) is 3.51. The molecular formula is C15H27NO4SSi. The molecule has 22 heavy (non-hydrogen) atoms. The Kier molecular flexibility index (Phi) is 6.06. The molecule has 0 aliphatic heterocycles. The Morgan fingerprint density at radius 1 is 1.23 bits per heavy atom. The summed E-state index contributed by atoms with van der Waals surface area (Å²) in [5, 5.41) is 0. The van der Waals surface area contributed by atoms with Crippen LogP contribution < -0.4 is 15.2 Å². The van der Waals surface area contributed by atoms with Gasteiger partial charge in [-0.1, -0.05) is 25.7 Å². The number of methoxy groups -OCH3 is 1. The second kappa shape index (κ2) is 7.02. The van der Waals surface area contributed by atoms with Crippen LogP contribution >= 0.6 is 0 Å². The average Bonchev–Trinajstić information content (AvgIpc) is 2.35. The molecule has 0 aliphatic rings. The van der Waals surface area contributed by atoms with Gasteiger partial charge in [0.15, 0.2) is 11.5 Å². The molecular weight excluding hydrogens is 318 g/mol. The number of rotatable bonds is 7. The highest BCUT2D eigenvalue weighted by molar-refractivity contribution is 7.93. The van der Waals surface area contributed by atoms with E-state index in [1.807, 2.05) is 32.6 Å². The fourth-order valence-electron chi connectivity index (χ4n) is 2.79. The predicted molar refractivity (Wildman–Crippen MR) is 93.1 cm³/mol. The Bertz CT molecular complexity index is 610. The Morgan fingerprint density at radius 2 is 1.82 bits per heavy atom. The normalized spacial score (nSPS) is 15.2. The van der Waals surface area contributed by atoms with Crippen molar-refractivity contribution in [3.8, 4) is 11.5 Å². The first-order chi connectivity index (χ1) is 10.0. The van der Waals surface area contributed by atoms with Crippen LogP contribution in [0.1, 0.15) is 18.5 Å². The molecule has 0 aromatic heterocycles. The van der Waals surface area contributed by atoms with Gasteiger partial charge in [-0.3, -0.25) is 0 Å². The molecule has 7 heteroatoms. The van der Waals surface area contributed by atoms with E-state index in [4.69, 9.17) is 15.2 Å². The molecule has 0 heterocycles. The molecule has 5 nitrogen and oxygen atoms in total. The van der Waals surface area contributed by atoms with Crippen molar-refractivity contribution in [1.29, 1.82) is 0 Å². The maximum atomic E-state index is 12.2. The third kappa shape index (κ3) is 4.47. The highest BCUT2D eigenvalue weighted by atomic mass is 32.2. The largest absolute Gasteiger partial charge is 0.493 e. The summed E-state index contributed by atoms with van der Waals surface area (Å²) >= 11 is 0. The quantitative estimate of drug-likeness (QED) is 0.768. The lowest BCUT2D eigenvalue weighted by Gasteiger charge is -2.32. The van der Waals surface area contributed by atoms with Crippen molar-refractivity contribution in [2.24, 2.45) is 5.73 Å². The monoisotopic (exact) mass is 345 g/mol. The summed E-state index contributed by atoms with van der Waals surface area (Å²) in [5.74, 6) is 1.20. The van der Waals surface area contributed by atoms with Crippen molar-refractivity contribution in [1.82, 2.24) is 0 Å². The van der Waals surface area contributed by atoms with E-state index in [0.29, 0.717) is 18.1 Å². The molecule has 1 rings (SSSR count). The number of hydrogen-bond acceptors (Lipinski definition) is 5. The molecule has 126 valence electrons. The minimum atomic E-state index is -3.25. The van der Waals surface area contributed by atoms with Crippen molar-refractivity contribution in [2.75, 3.05) is 20.0 Å². The predicted octanol–water partition coefficient (Wildman–Crippen LogP) is 2.38. The van der Waals surface area contributed by atoms with Crippen molar-refractivity contribution in [3.05, 3.63) is 23.8 Å². The lowest BCUT2D eigenvalue weighted by Crippen LogP contribution is -2.50. The molecule has 2 atom stereocenters. The van der Waals surface area contributed by atoms with Crippen molar-refractivity contribution in [3.63, 3.8) is 0 Å². The van der Waals surface area contributed by atoms with Crippen LogP contribution in [0.15, 0.2) is 18.2 Å². The maximum Gasteiger partial charge on any atom is 0.161 e. The number of hydrogen-bond donors (Lipinski definition) is 1. The molecule has 0 amide bonds. The van der Waals surface area contributed by atoms with Crippen LogP contribution in [-0.4, -0.2) is 41.3 Å². The van der Waals surface area contributed by atoms with Crippen LogP contribution in [0.4, 0.5) is 0 Å². The second-order valence-electron chi connectivity index (χ2n) is 6.49. The van der Waals surface area contributed by atoms with Gasteiger partial charge in [0.25, 0.3) is 0 Å². The van der Waals surface area contributed by atoms with E-state index in [-0.39, 0.29) is 0 Å². The fraction of sp³-hybridized carbons (Fsp3) is 0.600. The zero-order valence-corrected chi connectivity index (χ0v) is 16.0. The van der Waals surface area contributed by atoms with E-state index < -0.39 is 28.8 Å². The molecule has 0 spiro atoms. The minimum absolute atomic E-state index is 0.499. The first-order valence-electron chi connectivity index (χ1n) is 7.27. The standard InChI is InChI=1S/C15H27NO4SSi/c1-7-20-13-10-11(8-9-12(13)19-2)14(16)15(21(3,17)18)22(4,5)6/h8-10,14-15H,7,16H2,1-6H3.